The lowest BCUT2D eigenvalue weighted by molar-refractivity contribution is 0.180. The summed E-state index contributed by atoms with van der Waals surface area (Å²) < 4.78 is 16.1. The van der Waals surface area contributed by atoms with E-state index in [1.807, 2.05) is 6.07 Å². The molecular weight excluding hydrogens is 230 g/mol. The molecule has 4 nitrogen and oxygen atoms in total. The molecule has 2 N–H and O–H groups in total. The smallest absolute Gasteiger partial charge is 0.166 e. The van der Waals surface area contributed by atoms with Crippen molar-refractivity contribution in [3.8, 4) is 11.5 Å². The first kappa shape index (κ1) is 14.8. The van der Waals surface area contributed by atoms with Crippen LogP contribution in [0.3, 0.4) is 0 Å². The summed E-state index contributed by atoms with van der Waals surface area (Å²) in [6.07, 6.45) is 3.02. The fourth-order valence-corrected chi connectivity index (χ4v) is 2.02. The Morgan fingerprint density at radius 2 is 1.56 bits per heavy atom. The van der Waals surface area contributed by atoms with Crippen LogP contribution in [0.25, 0.3) is 0 Å². The fourth-order valence-electron chi connectivity index (χ4n) is 2.02. The van der Waals surface area contributed by atoms with E-state index >= 15 is 0 Å². The van der Waals surface area contributed by atoms with Gasteiger partial charge in [-0.05, 0) is 31.4 Å². The van der Waals surface area contributed by atoms with Gasteiger partial charge in [0.1, 0.15) is 0 Å². The molecule has 0 unspecified atom stereocenters. The number of rotatable bonds is 8. The number of hydrogen-bond donors (Lipinski definition) is 1. The molecule has 0 heterocycles. The molecule has 0 aromatic heterocycles. The van der Waals surface area contributed by atoms with Crippen molar-refractivity contribution >= 4 is 0 Å². The maximum atomic E-state index is 5.51. The third-order valence-corrected chi connectivity index (χ3v) is 2.88. The monoisotopic (exact) mass is 253 g/mol. The van der Waals surface area contributed by atoms with Crippen molar-refractivity contribution in [3.63, 3.8) is 0 Å². The molecule has 0 aliphatic rings. The van der Waals surface area contributed by atoms with Crippen LogP contribution >= 0.6 is 0 Å². The van der Waals surface area contributed by atoms with Gasteiger partial charge in [0, 0.05) is 12.7 Å². The molecule has 0 radical (unpaired) electrons. The molecule has 0 amide bonds. The number of hydrogen-bond acceptors (Lipinski definition) is 4. The van der Waals surface area contributed by atoms with Crippen molar-refractivity contribution in [2.75, 3.05) is 27.9 Å². The van der Waals surface area contributed by atoms with E-state index in [1.54, 1.807) is 21.3 Å². The minimum Gasteiger partial charge on any atom is -0.493 e. The van der Waals surface area contributed by atoms with Gasteiger partial charge < -0.3 is 19.9 Å². The number of aryl methyl sites for hydroxylation is 1. The molecule has 0 bridgehead atoms. The fraction of sp³-hybridized carbons (Fsp3) is 0.571. The average molecular weight is 253 g/mol. The van der Waals surface area contributed by atoms with Crippen molar-refractivity contribution < 1.29 is 14.2 Å². The summed E-state index contributed by atoms with van der Waals surface area (Å²) in [6.45, 7) is 1.24. The second kappa shape index (κ2) is 7.95. The van der Waals surface area contributed by atoms with Gasteiger partial charge in [0.15, 0.2) is 11.5 Å². The van der Waals surface area contributed by atoms with Gasteiger partial charge in [0.05, 0.1) is 20.8 Å². The van der Waals surface area contributed by atoms with Crippen LogP contribution in [-0.4, -0.2) is 27.9 Å². The first-order valence-electron chi connectivity index (χ1n) is 6.20. The summed E-state index contributed by atoms with van der Waals surface area (Å²) in [7, 11) is 4.99. The van der Waals surface area contributed by atoms with E-state index in [-0.39, 0.29) is 0 Å². The summed E-state index contributed by atoms with van der Waals surface area (Å²) >= 11 is 0. The highest BCUT2D eigenvalue weighted by atomic mass is 16.5. The molecule has 1 rings (SSSR count). The highest BCUT2D eigenvalue weighted by Gasteiger charge is 2.14. The van der Waals surface area contributed by atoms with Crippen LogP contribution in [0, 0.1) is 0 Å². The van der Waals surface area contributed by atoms with Crippen LogP contribution < -0.4 is 15.2 Å². The predicted molar refractivity (Wildman–Crippen MR) is 72.3 cm³/mol. The number of unbranched alkanes of at least 4 members (excludes halogenated alkanes) is 1. The van der Waals surface area contributed by atoms with Gasteiger partial charge in [-0.3, -0.25) is 0 Å². The lowest BCUT2D eigenvalue weighted by Crippen LogP contribution is -2.03. The quantitative estimate of drug-likeness (QED) is 0.721. The Balaban J connectivity index is 2.97. The lowest BCUT2D eigenvalue weighted by Gasteiger charge is -2.16. The van der Waals surface area contributed by atoms with E-state index in [9.17, 15) is 0 Å². The Kier molecular flexibility index (Phi) is 6.54. The molecule has 1 aromatic rings. The average Bonchev–Trinajstić information content (AvgIpc) is 2.40. The Bertz CT molecular complexity index is 366. The van der Waals surface area contributed by atoms with E-state index < -0.39 is 0 Å². The van der Waals surface area contributed by atoms with Gasteiger partial charge in [-0.2, -0.15) is 0 Å². The van der Waals surface area contributed by atoms with Crippen molar-refractivity contribution in [3.05, 3.63) is 23.3 Å². The van der Waals surface area contributed by atoms with E-state index in [4.69, 9.17) is 19.9 Å². The summed E-state index contributed by atoms with van der Waals surface area (Å²) in [4.78, 5) is 0. The number of methoxy groups -OCH3 is 3. The molecule has 1 aromatic carbocycles. The minimum absolute atomic E-state index is 0.516. The van der Waals surface area contributed by atoms with Crippen LogP contribution in [0.2, 0.25) is 0 Å². The van der Waals surface area contributed by atoms with E-state index in [0.29, 0.717) is 6.61 Å². The van der Waals surface area contributed by atoms with Gasteiger partial charge in [-0.15, -0.1) is 0 Å². The van der Waals surface area contributed by atoms with Gasteiger partial charge in [0.2, 0.25) is 0 Å². The first-order chi connectivity index (χ1) is 8.78. The third kappa shape index (κ3) is 3.62. The molecule has 0 fully saturated rings. The zero-order valence-corrected chi connectivity index (χ0v) is 11.5. The number of ether oxygens (including phenoxy) is 3. The zero-order chi connectivity index (χ0) is 13.4. The minimum atomic E-state index is 0.516. The van der Waals surface area contributed by atoms with Crippen LogP contribution in [-0.2, 0) is 17.8 Å². The molecule has 0 aliphatic heterocycles. The molecule has 18 heavy (non-hydrogen) atoms. The van der Waals surface area contributed by atoms with Crippen LogP contribution in [0.4, 0.5) is 0 Å². The highest BCUT2D eigenvalue weighted by molar-refractivity contribution is 5.52. The molecule has 0 aliphatic carbocycles. The van der Waals surface area contributed by atoms with E-state index in [2.05, 4.69) is 6.07 Å². The first-order valence-corrected chi connectivity index (χ1v) is 6.20. The Hall–Kier alpha value is -1.26. The molecule has 0 saturated heterocycles. The summed E-state index contributed by atoms with van der Waals surface area (Å²) in [5.41, 5.74) is 7.67. The molecule has 4 heteroatoms. The second-order valence-electron chi connectivity index (χ2n) is 4.13. The van der Waals surface area contributed by atoms with Crippen LogP contribution in [0.1, 0.15) is 24.0 Å². The van der Waals surface area contributed by atoms with Crippen LogP contribution in [0.5, 0.6) is 11.5 Å². The predicted octanol–water partition coefficient (Wildman–Crippen LogP) is 2.13. The maximum Gasteiger partial charge on any atom is 0.166 e. The van der Waals surface area contributed by atoms with Gasteiger partial charge >= 0.3 is 0 Å². The number of nitrogens with two attached hydrogens (primary N) is 1. The van der Waals surface area contributed by atoms with Crippen molar-refractivity contribution in [2.24, 2.45) is 5.73 Å². The molecule has 0 saturated carbocycles. The van der Waals surface area contributed by atoms with Gasteiger partial charge in [-0.25, -0.2) is 0 Å². The Labute approximate surface area is 109 Å². The lowest BCUT2D eigenvalue weighted by atomic mass is 10.0. The topological polar surface area (TPSA) is 53.7 Å². The SMILES string of the molecule is COCc1ccc(CCCCN)c(OC)c1OC. The maximum absolute atomic E-state index is 5.51. The second-order valence-corrected chi connectivity index (χ2v) is 4.13. The summed E-state index contributed by atoms with van der Waals surface area (Å²) in [5.74, 6) is 1.58. The molecule has 0 spiro atoms. The van der Waals surface area contributed by atoms with Crippen molar-refractivity contribution in [1.82, 2.24) is 0 Å². The normalized spacial score (nSPS) is 10.4. The molecular formula is C14H23NO3. The Morgan fingerprint density at radius 1 is 0.944 bits per heavy atom. The van der Waals surface area contributed by atoms with Crippen molar-refractivity contribution in [1.29, 1.82) is 0 Å². The largest absolute Gasteiger partial charge is 0.493 e. The Morgan fingerprint density at radius 3 is 2.11 bits per heavy atom. The number of benzene rings is 1. The highest BCUT2D eigenvalue weighted by Crippen LogP contribution is 2.35. The summed E-state index contributed by atoms with van der Waals surface area (Å²) in [6, 6.07) is 4.11. The standard InChI is InChI=1S/C14H23NO3/c1-16-10-12-8-7-11(6-4-5-9-15)13(17-2)14(12)18-3/h7-8H,4-6,9-10,15H2,1-3H3. The summed E-state index contributed by atoms with van der Waals surface area (Å²) in [5, 5.41) is 0. The van der Waals surface area contributed by atoms with E-state index in [1.165, 1.54) is 0 Å². The van der Waals surface area contributed by atoms with Crippen LogP contribution in [0.15, 0.2) is 12.1 Å². The molecule has 0 atom stereocenters. The third-order valence-electron chi connectivity index (χ3n) is 2.88. The van der Waals surface area contributed by atoms with Gasteiger partial charge in [0.25, 0.3) is 0 Å². The van der Waals surface area contributed by atoms with E-state index in [0.717, 1.165) is 48.4 Å². The van der Waals surface area contributed by atoms with Gasteiger partial charge in [-0.1, -0.05) is 12.1 Å². The zero-order valence-electron chi connectivity index (χ0n) is 11.5. The van der Waals surface area contributed by atoms with Crippen molar-refractivity contribution in [2.45, 2.75) is 25.9 Å². The molecule has 102 valence electrons.